The Labute approximate surface area is 73.1 Å². The van der Waals surface area contributed by atoms with E-state index in [1.54, 1.807) is 6.92 Å². The van der Waals surface area contributed by atoms with Gasteiger partial charge in [-0.05, 0) is 6.42 Å². The summed E-state index contributed by atoms with van der Waals surface area (Å²) >= 11 is 0. The number of aliphatic hydroxyl groups is 2. The summed E-state index contributed by atoms with van der Waals surface area (Å²) in [5.41, 5.74) is 0. The molecule has 0 aromatic heterocycles. The number of hydrogen-bond donors (Lipinski definition) is 2. The van der Waals surface area contributed by atoms with Gasteiger partial charge in [0.15, 0.2) is 0 Å². The molecule has 0 aliphatic rings. The van der Waals surface area contributed by atoms with Crippen LogP contribution in [0.1, 0.15) is 20.3 Å². The van der Waals surface area contributed by atoms with Crippen LogP contribution in [0.15, 0.2) is 0 Å². The molecule has 0 aliphatic carbocycles. The lowest BCUT2D eigenvalue weighted by Crippen LogP contribution is -2.45. The van der Waals surface area contributed by atoms with Gasteiger partial charge in [0.05, 0.1) is 12.0 Å². The van der Waals surface area contributed by atoms with Crippen LogP contribution in [0.3, 0.4) is 0 Å². The number of rotatable bonds is 5. The number of hydrogen-bond acceptors (Lipinski definition) is 4. The van der Waals surface area contributed by atoms with Gasteiger partial charge >= 0.3 is 0 Å². The highest BCUT2D eigenvalue weighted by Crippen LogP contribution is 2.23. The van der Waals surface area contributed by atoms with Crippen molar-refractivity contribution in [2.24, 2.45) is 5.92 Å². The van der Waals surface area contributed by atoms with E-state index in [1.807, 2.05) is 6.92 Å². The molecule has 4 nitrogen and oxygen atoms in total. The van der Waals surface area contributed by atoms with Gasteiger partial charge in [-0.1, -0.05) is 13.8 Å². The molecule has 0 heterocycles. The molecule has 0 aromatic carbocycles. The van der Waals surface area contributed by atoms with Gasteiger partial charge in [-0.3, -0.25) is 0 Å². The summed E-state index contributed by atoms with van der Waals surface area (Å²) in [6, 6.07) is 0. The van der Waals surface area contributed by atoms with Crippen LogP contribution in [0.2, 0.25) is 0 Å². The van der Waals surface area contributed by atoms with E-state index >= 15 is 0 Å². The van der Waals surface area contributed by atoms with Gasteiger partial charge in [0, 0.05) is 14.2 Å². The Morgan fingerprint density at radius 2 is 1.75 bits per heavy atom. The van der Waals surface area contributed by atoms with Crippen LogP contribution < -0.4 is 0 Å². The van der Waals surface area contributed by atoms with Crippen molar-refractivity contribution < 1.29 is 19.7 Å². The smallest absolute Gasteiger partial charge is 0.285 e. The van der Waals surface area contributed by atoms with E-state index in [0.29, 0.717) is 6.42 Å². The molecule has 0 aliphatic heterocycles. The molecule has 0 saturated carbocycles. The van der Waals surface area contributed by atoms with E-state index in [9.17, 15) is 10.2 Å². The molecule has 0 aromatic rings. The van der Waals surface area contributed by atoms with Crippen LogP contribution >= 0.6 is 0 Å². The topological polar surface area (TPSA) is 58.9 Å². The highest BCUT2D eigenvalue weighted by Gasteiger charge is 2.37. The van der Waals surface area contributed by atoms with Gasteiger partial charge in [-0.2, -0.15) is 0 Å². The standard InChI is InChI=1S/C8H18O4/c1-5-7(9)6(2)8(10,11-3)12-4/h6-7,9-10H,5H2,1-4H3. The Balaban J connectivity index is 4.29. The maximum absolute atomic E-state index is 9.59. The van der Waals surface area contributed by atoms with Crippen LogP contribution in [0.25, 0.3) is 0 Å². The molecular weight excluding hydrogens is 160 g/mol. The lowest BCUT2D eigenvalue weighted by Gasteiger charge is -2.32. The maximum atomic E-state index is 9.59. The first-order valence-electron chi connectivity index (χ1n) is 4.02. The van der Waals surface area contributed by atoms with Gasteiger partial charge in [-0.15, -0.1) is 0 Å². The van der Waals surface area contributed by atoms with E-state index in [-0.39, 0.29) is 0 Å². The molecule has 2 N–H and O–H groups in total. The van der Waals surface area contributed by atoms with Gasteiger partial charge in [0.1, 0.15) is 0 Å². The monoisotopic (exact) mass is 178 g/mol. The van der Waals surface area contributed by atoms with Crippen LogP contribution in [0, 0.1) is 5.92 Å². The highest BCUT2D eigenvalue weighted by atomic mass is 16.8. The van der Waals surface area contributed by atoms with Gasteiger partial charge < -0.3 is 19.7 Å². The second kappa shape index (κ2) is 4.77. The van der Waals surface area contributed by atoms with Crippen LogP contribution in [-0.4, -0.2) is 36.5 Å². The fourth-order valence-electron chi connectivity index (χ4n) is 1.05. The molecule has 0 fully saturated rings. The summed E-state index contributed by atoms with van der Waals surface area (Å²) in [6.07, 6.45) is -0.0779. The molecule has 0 amide bonds. The molecule has 0 radical (unpaired) electrons. The average molecular weight is 178 g/mol. The van der Waals surface area contributed by atoms with Crippen molar-refractivity contribution >= 4 is 0 Å². The van der Waals surface area contributed by atoms with Crippen molar-refractivity contribution in [3.8, 4) is 0 Å². The Morgan fingerprint density at radius 3 is 2.00 bits per heavy atom. The molecule has 74 valence electrons. The molecule has 2 unspecified atom stereocenters. The van der Waals surface area contributed by atoms with E-state index in [4.69, 9.17) is 9.47 Å². The zero-order valence-corrected chi connectivity index (χ0v) is 8.07. The summed E-state index contributed by atoms with van der Waals surface area (Å²) in [5.74, 6) is -2.16. The van der Waals surface area contributed by atoms with E-state index in [2.05, 4.69) is 0 Å². The molecule has 12 heavy (non-hydrogen) atoms. The van der Waals surface area contributed by atoms with Crippen LogP contribution in [-0.2, 0) is 9.47 Å². The zero-order chi connectivity index (χ0) is 9.78. The first-order chi connectivity index (χ1) is 5.51. The fourth-order valence-corrected chi connectivity index (χ4v) is 1.05. The minimum Gasteiger partial charge on any atom is -0.393 e. The molecular formula is C8H18O4. The second-order valence-electron chi connectivity index (χ2n) is 2.80. The number of methoxy groups -OCH3 is 2. The number of aliphatic hydroxyl groups excluding tert-OH is 1. The molecule has 2 atom stereocenters. The van der Waals surface area contributed by atoms with Crippen molar-refractivity contribution in [3.05, 3.63) is 0 Å². The molecule has 0 rings (SSSR count). The fraction of sp³-hybridized carbons (Fsp3) is 1.00. The molecule has 0 saturated heterocycles. The van der Waals surface area contributed by atoms with Crippen molar-refractivity contribution in [2.45, 2.75) is 32.3 Å². The SMILES string of the molecule is CCC(O)C(C)C(O)(OC)OC. The lowest BCUT2D eigenvalue weighted by atomic mass is 10.00. The third-order valence-electron chi connectivity index (χ3n) is 2.16. The van der Waals surface area contributed by atoms with Crippen molar-refractivity contribution in [2.75, 3.05) is 14.2 Å². The Hall–Kier alpha value is -0.160. The normalized spacial score (nSPS) is 17.5. The second-order valence-corrected chi connectivity index (χ2v) is 2.80. The van der Waals surface area contributed by atoms with Crippen LogP contribution in [0.5, 0.6) is 0 Å². The van der Waals surface area contributed by atoms with E-state index in [1.165, 1.54) is 14.2 Å². The minimum absolute atomic E-state index is 0.475. The quantitative estimate of drug-likeness (QED) is 0.596. The van der Waals surface area contributed by atoms with Crippen molar-refractivity contribution in [1.82, 2.24) is 0 Å². The zero-order valence-electron chi connectivity index (χ0n) is 8.07. The largest absolute Gasteiger partial charge is 0.393 e. The van der Waals surface area contributed by atoms with Gasteiger partial charge in [0.2, 0.25) is 0 Å². The lowest BCUT2D eigenvalue weighted by molar-refractivity contribution is -0.374. The number of ether oxygens (including phenoxy) is 2. The highest BCUT2D eigenvalue weighted by molar-refractivity contribution is 4.71. The van der Waals surface area contributed by atoms with Crippen molar-refractivity contribution in [1.29, 1.82) is 0 Å². The molecule has 0 spiro atoms. The van der Waals surface area contributed by atoms with Gasteiger partial charge in [0.25, 0.3) is 5.97 Å². The Bertz CT molecular complexity index is 122. The molecule has 4 heteroatoms. The maximum Gasteiger partial charge on any atom is 0.285 e. The minimum atomic E-state index is -1.69. The molecule has 0 bridgehead atoms. The third-order valence-corrected chi connectivity index (χ3v) is 2.16. The summed E-state index contributed by atoms with van der Waals surface area (Å²) < 4.78 is 9.49. The summed E-state index contributed by atoms with van der Waals surface area (Å²) in [5, 5.41) is 19.0. The summed E-state index contributed by atoms with van der Waals surface area (Å²) in [7, 11) is 2.67. The summed E-state index contributed by atoms with van der Waals surface area (Å²) in [6.45, 7) is 3.49. The first kappa shape index (κ1) is 11.8. The van der Waals surface area contributed by atoms with Crippen LogP contribution in [0.4, 0.5) is 0 Å². The Kier molecular flexibility index (Phi) is 4.70. The Morgan fingerprint density at radius 1 is 1.33 bits per heavy atom. The van der Waals surface area contributed by atoms with E-state index < -0.39 is 18.0 Å². The summed E-state index contributed by atoms with van der Waals surface area (Å²) in [4.78, 5) is 0. The first-order valence-corrected chi connectivity index (χ1v) is 4.02. The van der Waals surface area contributed by atoms with E-state index in [0.717, 1.165) is 0 Å². The predicted octanol–water partition coefficient (Wildman–Crippen LogP) is 0.332. The van der Waals surface area contributed by atoms with Crippen molar-refractivity contribution in [3.63, 3.8) is 0 Å². The predicted molar refractivity (Wildman–Crippen MR) is 44.4 cm³/mol. The third kappa shape index (κ3) is 2.42. The average Bonchev–Trinajstić information content (AvgIpc) is 2.14. The van der Waals surface area contributed by atoms with Gasteiger partial charge in [-0.25, -0.2) is 0 Å².